The Morgan fingerprint density at radius 1 is 1.40 bits per heavy atom. The van der Waals surface area contributed by atoms with Crippen LogP contribution in [0, 0.1) is 17.7 Å². The van der Waals surface area contributed by atoms with E-state index in [2.05, 4.69) is 27.3 Å². The summed E-state index contributed by atoms with van der Waals surface area (Å²) in [6.07, 6.45) is 2.44. The number of aromatic nitrogens is 4. The first-order chi connectivity index (χ1) is 12.0. The van der Waals surface area contributed by atoms with Crippen molar-refractivity contribution in [2.45, 2.75) is 26.3 Å². The van der Waals surface area contributed by atoms with E-state index in [1.807, 2.05) is 6.92 Å². The number of carbonyl (C=O) groups excluding carboxylic acids is 1. The summed E-state index contributed by atoms with van der Waals surface area (Å²) < 4.78 is 15.5. The minimum atomic E-state index is -0.335. The average molecular weight is 339 g/mol. The van der Waals surface area contributed by atoms with Crippen LogP contribution in [0.1, 0.15) is 32.1 Å². The Labute approximate surface area is 144 Å². The van der Waals surface area contributed by atoms with E-state index in [9.17, 15) is 9.18 Å². The smallest absolute Gasteiger partial charge is 0.223 e. The summed E-state index contributed by atoms with van der Waals surface area (Å²) in [7, 11) is 0. The minimum Gasteiger partial charge on any atom is -0.346 e. The lowest BCUT2D eigenvalue weighted by Crippen LogP contribution is -2.29. The second kappa shape index (κ2) is 5.91. The molecular formula is C18H18FN5O. The van der Waals surface area contributed by atoms with Crippen molar-refractivity contribution in [2.75, 3.05) is 0 Å². The summed E-state index contributed by atoms with van der Waals surface area (Å²) in [6, 6.07) is 7.86. The van der Waals surface area contributed by atoms with E-state index in [-0.39, 0.29) is 23.7 Å². The molecule has 1 aliphatic rings. The van der Waals surface area contributed by atoms with Crippen LogP contribution in [0.4, 0.5) is 4.39 Å². The first-order valence-electron chi connectivity index (χ1n) is 8.30. The van der Waals surface area contributed by atoms with Crippen molar-refractivity contribution in [3.8, 4) is 11.3 Å². The lowest BCUT2D eigenvalue weighted by atomic mass is 10.1. The number of hydrogen-bond acceptors (Lipinski definition) is 4. The highest BCUT2D eigenvalue weighted by molar-refractivity contribution is 5.81. The summed E-state index contributed by atoms with van der Waals surface area (Å²) in [5.41, 5.74) is 1.47. The first kappa shape index (κ1) is 15.7. The third-order valence-electron chi connectivity index (χ3n) is 4.59. The fourth-order valence-corrected chi connectivity index (χ4v) is 2.88. The number of halogens is 1. The van der Waals surface area contributed by atoms with Crippen molar-refractivity contribution in [3.05, 3.63) is 48.3 Å². The van der Waals surface area contributed by atoms with Gasteiger partial charge in [0, 0.05) is 17.5 Å². The number of rotatable bonds is 4. The maximum atomic E-state index is 13.9. The van der Waals surface area contributed by atoms with Gasteiger partial charge < -0.3 is 5.32 Å². The van der Waals surface area contributed by atoms with Crippen LogP contribution in [-0.2, 0) is 4.79 Å². The van der Waals surface area contributed by atoms with Crippen LogP contribution in [0.3, 0.4) is 0 Å². The van der Waals surface area contributed by atoms with Crippen molar-refractivity contribution >= 4 is 11.6 Å². The maximum absolute atomic E-state index is 13.9. The summed E-state index contributed by atoms with van der Waals surface area (Å²) >= 11 is 0. The highest BCUT2D eigenvalue weighted by Crippen LogP contribution is 2.38. The monoisotopic (exact) mass is 339 g/mol. The van der Waals surface area contributed by atoms with E-state index < -0.39 is 0 Å². The fourth-order valence-electron chi connectivity index (χ4n) is 2.88. The van der Waals surface area contributed by atoms with Crippen LogP contribution < -0.4 is 5.32 Å². The van der Waals surface area contributed by atoms with E-state index >= 15 is 0 Å². The molecule has 0 aliphatic heterocycles. The molecule has 2 aromatic heterocycles. The third-order valence-corrected chi connectivity index (χ3v) is 4.59. The lowest BCUT2D eigenvalue weighted by Gasteiger charge is -2.09. The molecule has 7 heteroatoms. The molecule has 0 bridgehead atoms. The fraction of sp³-hybridized carbons (Fsp3) is 0.333. The van der Waals surface area contributed by atoms with Gasteiger partial charge in [0.1, 0.15) is 12.1 Å². The Hall–Kier alpha value is -2.83. The number of hydrogen-bond donors (Lipinski definition) is 1. The molecular weight excluding hydrogens is 321 g/mol. The molecule has 1 N–H and O–H groups in total. The molecule has 25 heavy (non-hydrogen) atoms. The van der Waals surface area contributed by atoms with Gasteiger partial charge in [0.15, 0.2) is 11.5 Å². The van der Waals surface area contributed by atoms with Crippen LogP contribution >= 0.6 is 0 Å². The highest BCUT2D eigenvalue weighted by atomic mass is 19.1. The zero-order valence-electron chi connectivity index (χ0n) is 14.0. The van der Waals surface area contributed by atoms with Gasteiger partial charge in [-0.1, -0.05) is 19.1 Å². The SMILES string of the molecule is C[C@H](NC(=O)[C@H]1C[C@@H]1C)c1nc2cc(-c3ccccc3F)ncn2n1. The van der Waals surface area contributed by atoms with Gasteiger partial charge in [-0.3, -0.25) is 4.79 Å². The van der Waals surface area contributed by atoms with E-state index in [0.717, 1.165) is 6.42 Å². The van der Waals surface area contributed by atoms with E-state index in [0.29, 0.717) is 28.6 Å². The van der Waals surface area contributed by atoms with Gasteiger partial charge in [0.25, 0.3) is 0 Å². The maximum Gasteiger partial charge on any atom is 0.223 e. The zero-order chi connectivity index (χ0) is 17.6. The van der Waals surface area contributed by atoms with Gasteiger partial charge >= 0.3 is 0 Å². The van der Waals surface area contributed by atoms with E-state index in [4.69, 9.17) is 0 Å². The summed E-state index contributed by atoms with van der Waals surface area (Å²) in [6.45, 7) is 3.92. The van der Waals surface area contributed by atoms with E-state index in [1.165, 1.54) is 16.9 Å². The van der Waals surface area contributed by atoms with Crippen molar-refractivity contribution in [2.24, 2.45) is 11.8 Å². The standard InChI is InChI=1S/C18H18FN5O/c1-10-7-13(10)18(25)21-11(2)17-22-16-8-15(20-9-24(16)23-17)12-5-3-4-6-14(12)19/h3-6,8-11,13H,7H2,1-2H3,(H,21,25)/t10-,11-,13-/m0/s1. The summed E-state index contributed by atoms with van der Waals surface area (Å²) in [5, 5.41) is 7.30. The Bertz CT molecular complexity index is 954. The molecule has 3 atom stereocenters. The molecule has 1 aromatic carbocycles. The average Bonchev–Trinajstić information content (AvgIpc) is 3.18. The third kappa shape index (κ3) is 2.97. The lowest BCUT2D eigenvalue weighted by molar-refractivity contribution is -0.123. The number of amides is 1. The van der Waals surface area contributed by atoms with Crippen molar-refractivity contribution < 1.29 is 9.18 Å². The molecule has 0 saturated heterocycles. The molecule has 2 heterocycles. The second-order valence-electron chi connectivity index (χ2n) is 6.58. The Morgan fingerprint density at radius 2 is 2.16 bits per heavy atom. The number of benzene rings is 1. The molecule has 1 amide bonds. The Morgan fingerprint density at radius 3 is 2.88 bits per heavy atom. The highest BCUT2D eigenvalue weighted by Gasteiger charge is 2.39. The van der Waals surface area contributed by atoms with Gasteiger partial charge in [-0.15, -0.1) is 5.10 Å². The second-order valence-corrected chi connectivity index (χ2v) is 6.58. The van der Waals surface area contributed by atoms with Gasteiger partial charge in [0.05, 0.1) is 11.7 Å². The molecule has 1 fully saturated rings. The number of carbonyl (C=O) groups is 1. The number of nitrogens with zero attached hydrogens (tertiary/aromatic N) is 4. The molecule has 1 saturated carbocycles. The van der Waals surface area contributed by atoms with Crippen molar-refractivity contribution in [3.63, 3.8) is 0 Å². The van der Waals surface area contributed by atoms with Gasteiger partial charge in [-0.05, 0) is 31.4 Å². The first-order valence-corrected chi connectivity index (χ1v) is 8.30. The van der Waals surface area contributed by atoms with E-state index in [1.54, 1.807) is 24.3 Å². The molecule has 4 rings (SSSR count). The van der Waals surface area contributed by atoms with Gasteiger partial charge in [-0.25, -0.2) is 18.9 Å². The van der Waals surface area contributed by atoms with Crippen LogP contribution in [0.2, 0.25) is 0 Å². The zero-order valence-corrected chi connectivity index (χ0v) is 14.0. The molecule has 0 radical (unpaired) electrons. The molecule has 0 unspecified atom stereocenters. The van der Waals surface area contributed by atoms with Crippen LogP contribution in [0.5, 0.6) is 0 Å². The predicted octanol–water partition coefficient (Wildman–Crippen LogP) is 2.76. The van der Waals surface area contributed by atoms with Gasteiger partial charge in [-0.2, -0.15) is 0 Å². The molecule has 1 aliphatic carbocycles. The molecule has 0 spiro atoms. The molecule has 128 valence electrons. The van der Waals surface area contributed by atoms with Crippen molar-refractivity contribution in [1.29, 1.82) is 0 Å². The summed E-state index contributed by atoms with van der Waals surface area (Å²) in [4.78, 5) is 20.8. The van der Waals surface area contributed by atoms with Crippen LogP contribution in [-0.4, -0.2) is 25.5 Å². The molecule has 3 aromatic rings. The largest absolute Gasteiger partial charge is 0.346 e. The summed E-state index contributed by atoms with van der Waals surface area (Å²) in [5.74, 6) is 0.777. The Kier molecular flexibility index (Phi) is 3.71. The molecule has 6 nitrogen and oxygen atoms in total. The minimum absolute atomic E-state index is 0.0454. The normalized spacial score (nSPS) is 20.4. The quantitative estimate of drug-likeness (QED) is 0.793. The topological polar surface area (TPSA) is 72.2 Å². The van der Waals surface area contributed by atoms with Crippen molar-refractivity contribution in [1.82, 2.24) is 24.9 Å². The van der Waals surface area contributed by atoms with Crippen LogP contribution in [0.25, 0.3) is 16.9 Å². The number of fused-ring (bicyclic) bond motifs is 1. The van der Waals surface area contributed by atoms with Gasteiger partial charge in [0.2, 0.25) is 5.91 Å². The Balaban J connectivity index is 1.60. The van der Waals surface area contributed by atoms with Crippen LogP contribution in [0.15, 0.2) is 36.7 Å². The number of nitrogens with one attached hydrogen (secondary N) is 1. The predicted molar refractivity (Wildman–Crippen MR) is 90.0 cm³/mol.